The Labute approximate surface area is 149 Å². The molecular formula is C17H21FN2O6. The van der Waals surface area contributed by atoms with Crippen LogP contribution in [0.4, 0.5) is 9.18 Å². The molecule has 1 aliphatic heterocycles. The van der Waals surface area contributed by atoms with E-state index in [1.54, 1.807) is 20.8 Å². The van der Waals surface area contributed by atoms with Gasteiger partial charge >= 0.3 is 12.1 Å². The van der Waals surface area contributed by atoms with Gasteiger partial charge in [0.05, 0.1) is 19.5 Å². The molecule has 0 unspecified atom stereocenters. The Bertz CT molecular complexity index is 737. The fraction of sp³-hybridized carbons (Fsp3) is 0.471. The predicted octanol–water partition coefficient (Wildman–Crippen LogP) is 1.77. The van der Waals surface area contributed by atoms with E-state index in [1.807, 2.05) is 0 Å². The minimum Gasteiger partial charge on any atom is -0.482 e. The Morgan fingerprint density at radius 1 is 1.31 bits per heavy atom. The summed E-state index contributed by atoms with van der Waals surface area (Å²) >= 11 is 0. The summed E-state index contributed by atoms with van der Waals surface area (Å²) in [6, 6.07) is 3.68. The number of carbonyl (C=O) groups excluding carboxylic acids is 2. The van der Waals surface area contributed by atoms with Crippen molar-refractivity contribution in [1.29, 1.82) is 0 Å². The van der Waals surface area contributed by atoms with E-state index in [4.69, 9.17) is 20.3 Å². The second-order valence-corrected chi connectivity index (χ2v) is 7.17. The van der Waals surface area contributed by atoms with E-state index in [9.17, 15) is 18.8 Å². The molecule has 26 heavy (non-hydrogen) atoms. The first-order valence-corrected chi connectivity index (χ1v) is 7.89. The van der Waals surface area contributed by atoms with Crippen LogP contribution < -0.4 is 10.5 Å². The van der Waals surface area contributed by atoms with Gasteiger partial charge in [-0.15, -0.1) is 0 Å². The van der Waals surface area contributed by atoms with Crippen molar-refractivity contribution in [2.45, 2.75) is 38.4 Å². The van der Waals surface area contributed by atoms with Crippen molar-refractivity contribution in [3.05, 3.63) is 29.6 Å². The summed E-state index contributed by atoms with van der Waals surface area (Å²) in [5.41, 5.74) is 2.71. The Morgan fingerprint density at radius 2 is 1.92 bits per heavy atom. The number of carboxylic acid groups (broad SMARTS) is 1. The Balaban J connectivity index is 2.21. The normalized spacial score (nSPS) is 15.8. The van der Waals surface area contributed by atoms with Crippen LogP contribution in [0.2, 0.25) is 0 Å². The van der Waals surface area contributed by atoms with E-state index in [1.165, 1.54) is 17.0 Å². The minimum atomic E-state index is -1.30. The summed E-state index contributed by atoms with van der Waals surface area (Å²) in [5, 5.41) is 9.16. The Kier molecular flexibility index (Phi) is 5.11. The number of aliphatic carboxylic acids is 1. The van der Waals surface area contributed by atoms with Crippen molar-refractivity contribution in [3.63, 3.8) is 0 Å². The van der Waals surface area contributed by atoms with Gasteiger partial charge in [-0.2, -0.15) is 0 Å². The van der Waals surface area contributed by atoms with Gasteiger partial charge in [0, 0.05) is 0 Å². The average Bonchev–Trinajstić information content (AvgIpc) is 2.41. The van der Waals surface area contributed by atoms with E-state index >= 15 is 0 Å². The summed E-state index contributed by atoms with van der Waals surface area (Å²) in [4.78, 5) is 36.0. The summed E-state index contributed by atoms with van der Waals surface area (Å²) in [7, 11) is 0. The van der Waals surface area contributed by atoms with Gasteiger partial charge in [0.15, 0.2) is 5.60 Å². The molecule has 1 heterocycles. The van der Waals surface area contributed by atoms with E-state index in [-0.39, 0.29) is 18.8 Å². The number of amides is 2. The fourth-order valence-corrected chi connectivity index (χ4v) is 2.65. The van der Waals surface area contributed by atoms with Gasteiger partial charge in [-0.1, -0.05) is 6.07 Å². The first-order valence-electron chi connectivity index (χ1n) is 7.89. The molecule has 0 aromatic heterocycles. The number of hydrogen-bond acceptors (Lipinski definition) is 5. The van der Waals surface area contributed by atoms with E-state index in [2.05, 4.69) is 0 Å². The maximum atomic E-state index is 13.9. The van der Waals surface area contributed by atoms with Crippen molar-refractivity contribution < 1.29 is 33.4 Å². The highest BCUT2D eigenvalue weighted by molar-refractivity contribution is 5.96. The predicted molar refractivity (Wildman–Crippen MR) is 88.3 cm³/mol. The van der Waals surface area contributed by atoms with Crippen LogP contribution in [0.5, 0.6) is 5.75 Å². The number of carboxylic acids is 1. The smallest absolute Gasteiger partial charge is 0.410 e. The summed E-state index contributed by atoms with van der Waals surface area (Å²) in [5.74, 6) is -3.23. The van der Waals surface area contributed by atoms with E-state index in [0.717, 1.165) is 6.07 Å². The molecule has 9 heteroatoms. The molecule has 0 atom stereocenters. The van der Waals surface area contributed by atoms with Crippen LogP contribution in [0, 0.1) is 5.82 Å². The molecule has 0 spiro atoms. The zero-order valence-corrected chi connectivity index (χ0v) is 14.7. The molecule has 0 radical (unpaired) electrons. The molecule has 1 aliphatic rings. The number of primary amides is 1. The van der Waals surface area contributed by atoms with Gasteiger partial charge in [-0.05, 0) is 32.9 Å². The lowest BCUT2D eigenvalue weighted by molar-refractivity contribution is -0.149. The number of carbonyl (C=O) groups is 3. The number of nitrogens with zero attached hydrogens (tertiary/aromatic N) is 1. The second kappa shape index (κ2) is 6.81. The SMILES string of the molecule is CC(C)(C)OC(=O)N1CC(CC(=O)O)(Oc2cccc(F)c2C(N)=O)C1. The van der Waals surface area contributed by atoms with E-state index < -0.39 is 47.0 Å². The first kappa shape index (κ1) is 19.5. The van der Waals surface area contributed by atoms with Gasteiger partial charge in [0.2, 0.25) is 0 Å². The summed E-state index contributed by atoms with van der Waals surface area (Å²) in [6.45, 7) is 4.96. The summed E-state index contributed by atoms with van der Waals surface area (Å²) in [6.07, 6.45) is -1.06. The molecule has 1 aromatic rings. The third-order valence-electron chi connectivity index (χ3n) is 3.63. The minimum absolute atomic E-state index is 0.0804. The van der Waals surface area contributed by atoms with Crippen LogP contribution in [0.3, 0.4) is 0 Å². The summed E-state index contributed by atoms with van der Waals surface area (Å²) < 4.78 is 24.8. The topological polar surface area (TPSA) is 119 Å². The molecule has 2 amide bonds. The molecule has 0 bridgehead atoms. The highest BCUT2D eigenvalue weighted by atomic mass is 19.1. The number of benzene rings is 1. The highest BCUT2D eigenvalue weighted by Gasteiger charge is 2.50. The van der Waals surface area contributed by atoms with Crippen molar-refractivity contribution >= 4 is 18.0 Å². The number of halogens is 1. The zero-order valence-electron chi connectivity index (χ0n) is 14.7. The molecule has 142 valence electrons. The van der Waals surface area contributed by atoms with Gasteiger partial charge in [0.25, 0.3) is 5.91 Å². The number of hydrogen-bond donors (Lipinski definition) is 2. The maximum absolute atomic E-state index is 13.9. The van der Waals surface area contributed by atoms with Crippen LogP contribution >= 0.6 is 0 Å². The number of likely N-dealkylation sites (tertiary alicyclic amines) is 1. The van der Waals surface area contributed by atoms with Crippen LogP contribution in [-0.2, 0) is 9.53 Å². The van der Waals surface area contributed by atoms with Crippen LogP contribution in [0.15, 0.2) is 18.2 Å². The Morgan fingerprint density at radius 3 is 2.42 bits per heavy atom. The molecule has 3 N–H and O–H groups in total. The van der Waals surface area contributed by atoms with Crippen LogP contribution in [-0.4, -0.2) is 52.3 Å². The number of ether oxygens (including phenoxy) is 2. The quantitative estimate of drug-likeness (QED) is 0.817. The van der Waals surface area contributed by atoms with Gasteiger partial charge in [-0.3, -0.25) is 14.5 Å². The molecule has 0 aliphatic carbocycles. The standard InChI is InChI=1S/C17H21FN2O6/c1-16(2,3)26-15(24)20-8-17(9-20,7-12(21)22)25-11-6-4-5-10(18)13(11)14(19)23/h4-6H,7-9H2,1-3H3,(H2,19,23)(H,21,22). The van der Waals surface area contributed by atoms with Crippen LogP contribution in [0.1, 0.15) is 37.6 Å². The lowest BCUT2D eigenvalue weighted by Gasteiger charge is -2.48. The average molecular weight is 368 g/mol. The molecular weight excluding hydrogens is 347 g/mol. The molecule has 1 aromatic carbocycles. The van der Waals surface area contributed by atoms with Crippen LogP contribution in [0.25, 0.3) is 0 Å². The van der Waals surface area contributed by atoms with Gasteiger partial charge in [-0.25, -0.2) is 9.18 Å². The molecule has 0 saturated carbocycles. The fourth-order valence-electron chi connectivity index (χ4n) is 2.65. The van der Waals surface area contributed by atoms with Crippen molar-refractivity contribution in [1.82, 2.24) is 4.90 Å². The lowest BCUT2D eigenvalue weighted by Crippen LogP contribution is -2.67. The van der Waals surface area contributed by atoms with E-state index in [0.29, 0.717) is 0 Å². The third-order valence-corrected chi connectivity index (χ3v) is 3.63. The van der Waals surface area contributed by atoms with Gasteiger partial charge < -0.3 is 20.3 Å². The molecule has 8 nitrogen and oxygen atoms in total. The largest absolute Gasteiger partial charge is 0.482 e. The third kappa shape index (κ3) is 4.41. The highest BCUT2D eigenvalue weighted by Crippen LogP contribution is 2.34. The number of rotatable bonds is 5. The molecule has 2 rings (SSSR count). The Hall–Kier alpha value is -2.84. The van der Waals surface area contributed by atoms with Crippen molar-refractivity contribution in [2.75, 3.05) is 13.1 Å². The molecule has 1 fully saturated rings. The van der Waals surface area contributed by atoms with Gasteiger partial charge in [0.1, 0.15) is 22.7 Å². The molecule has 1 saturated heterocycles. The lowest BCUT2D eigenvalue weighted by atomic mass is 9.90. The monoisotopic (exact) mass is 368 g/mol. The second-order valence-electron chi connectivity index (χ2n) is 7.17. The first-order chi connectivity index (χ1) is 11.9. The maximum Gasteiger partial charge on any atom is 0.410 e. The number of nitrogens with two attached hydrogens (primary N) is 1. The van der Waals surface area contributed by atoms with Crippen molar-refractivity contribution in [3.8, 4) is 5.75 Å². The van der Waals surface area contributed by atoms with Crippen molar-refractivity contribution in [2.24, 2.45) is 5.73 Å². The zero-order chi connectivity index (χ0) is 19.7.